The number of carbonyl (C=O) groups is 1. The minimum absolute atomic E-state index is 0.0915. The maximum atomic E-state index is 12.2. The van der Waals surface area contributed by atoms with Crippen molar-refractivity contribution in [1.29, 1.82) is 0 Å². The topological polar surface area (TPSA) is 62.2 Å². The van der Waals surface area contributed by atoms with E-state index in [2.05, 4.69) is 48.2 Å². The van der Waals surface area contributed by atoms with Crippen molar-refractivity contribution in [2.24, 2.45) is 0 Å². The second kappa shape index (κ2) is 6.93. The maximum absolute atomic E-state index is 12.2. The molecule has 2 heterocycles. The molecule has 1 aliphatic rings. The van der Waals surface area contributed by atoms with Gasteiger partial charge in [0.15, 0.2) is 0 Å². The molecule has 0 spiro atoms. The van der Waals surface area contributed by atoms with Gasteiger partial charge in [-0.15, -0.1) is 0 Å². The Morgan fingerprint density at radius 2 is 2.14 bits per heavy atom. The third kappa shape index (κ3) is 3.97. The highest BCUT2D eigenvalue weighted by atomic mass is 16.1. The highest BCUT2D eigenvalue weighted by Crippen LogP contribution is 2.13. The Hall–Kier alpha value is -1.56. The molecule has 1 amide bonds. The number of anilines is 1. The van der Waals surface area contributed by atoms with Gasteiger partial charge in [0.2, 0.25) is 5.95 Å². The number of nitrogens with zero attached hydrogens (tertiary/aromatic N) is 3. The first-order chi connectivity index (χ1) is 9.99. The number of carbonyl (C=O) groups excluding carboxylic acids is 1. The van der Waals surface area contributed by atoms with Gasteiger partial charge >= 0.3 is 0 Å². The van der Waals surface area contributed by atoms with E-state index in [1.807, 2.05) is 10.8 Å². The zero-order chi connectivity index (χ0) is 15.4. The van der Waals surface area contributed by atoms with Crippen LogP contribution in [0.5, 0.6) is 0 Å². The molecule has 6 heteroatoms. The number of aryl methyl sites for hydroxylation is 1. The molecular formula is C15H27N5O. The van der Waals surface area contributed by atoms with Crippen LogP contribution in [0.4, 0.5) is 5.95 Å². The fourth-order valence-corrected chi connectivity index (χ4v) is 2.79. The molecule has 6 nitrogen and oxygen atoms in total. The summed E-state index contributed by atoms with van der Waals surface area (Å²) in [5, 5.41) is 6.17. The van der Waals surface area contributed by atoms with Crippen molar-refractivity contribution < 1.29 is 4.79 Å². The van der Waals surface area contributed by atoms with Gasteiger partial charge in [-0.25, -0.2) is 4.98 Å². The summed E-state index contributed by atoms with van der Waals surface area (Å²) in [6.45, 7) is 12.1. The summed E-state index contributed by atoms with van der Waals surface area (Å²) < 4.78 is 2.01. The molecule has 21 heavy (non-hydrogen) atoms. The van der Waals surface area contributed by atoms with E-state index < -0.39 is 0 Å². The van der Waals surface area contributed by atoms with Gasteiger partial charge in [0.25, 0.3) is 5.91 Å². The smallest absolute Gasteiger partial charge is 0.271 e. The van der Waals surface area contributed by atoms with Gasteiger partial charge in [0.05, 0.1) is 0 Å². The lowest BCUT2D eigenvalue weighted by molar-refractivity contribution is 0.0935. The predicted octanol–water partition coefficient (Wildman–Crippen LogP) is 1.55. The van der Waals surface area contributed by atoms with E-state index in [9.17, 15) is 4.79 Å². The number of aromatic nitrogens is 2. The summed E-state index contributed by atoms with van der Waals surface area (Å²) in [5.74, 6) is 0.712. The Morgan fingerprint density at radius 3 is 2.76 bits per heavy atom. The molecule has 2 rings (SSSR count). The molecule has 1 aromatic heterocycles. The first-order valence-corrected chi connectivity index (χ1v) is 7.84. The summed E-state index contributed by atoms with van der Waals surface area (Å²) in [5.41, 5.74) is 0.500. The maximum Gasteiger partial charge on any atom is 0.271 e. The molecule has 0 saturated carbocycles. The van der Waals surface area contributed by atoms with Crippen LogP contribution < -0.4 is 10.6 Å². The van der Waals surface area contributed by atoms with Crippen molar-refractivity contribution in [3.63, 3.8) is 0 Å². The lowest BCUT2D eigenvalue weighted by atomic mass is 10.2. The van der Waals surface area contributed by atoms with E-state index >= 15 is 0 Å². The standard InChI is InChI=1S/C15H27N5O/c1-11(2)20(12(3)4)9-7-16-14(21)13-10-19-8-5-6-17-15(19)18-13/h10-12H,5-9H2,1-4H3,(H,16,21)(H,17,18). The molecule has 0 unspecified atom stereocenters. The number of amides is 1. The fraction of sp³-hybridized carbons (Fsp3) is 0.733. The third-order valence-electron chi connectivity index (χ3n) is 3.85. The van der Waals surface area contributed by atoms with Crippen molar-refractivity contribution in [2.45, 2.75) is 52.7 Å². The number of hydrogen-bond acceptors (Lipinski definition) is 4. The lowest BCUT2D eigenvalue weighted by Gasteiger charge is -2.30. The summed E-state index contributed by atoms with van der Waals surface area (Å²) >= 11 is 0. The largest absolute Gasteiger partial charge is 0.356 e. The number of imidazole rings is 1. The van der Waals surface area contributed by atoms with Crippen LogP contribution in [0, 0.1) is 0 Å². The molecule has 0 radical (unpaired) electrons. The first kappa shape index (κ1) is 15.8. The lowest BCUT2D eigenvalue weighted by Crippen LogP contribution is -2.42. The van der Waals surface area contributed by atoms with Crippen LogP contribution in [0.15, 0.2) is 6.20 Å². The first-order valence-electron chi connectivity index (χ1n) is 7.84. The molecule has 118 valence electrons. The minimum Gasteiger partial charge on any atom is -0.356 e. The molecule has 0 aromatic carbocycles. The van der Waals surface area contributed by atoms with Crippen LogP contribution in [0.3, 0.4) is 0 Å². The van der Waals surface area contributed by atoms with E-state index in [1.54, 1.807) is 0 Å². The van der Waals surface area contributed by atoms with E-state index in [-0.39, 0.29) is 5.91 Å². The number of fused-ring (bicyclic) bond motifs is 1. The summed E-state index contributed by atoms with van der Waals surface area (Å²) in [7, 11) is 0. The van der Waals surface area contributed by atoms with Crippen LogP contribution in [0.1, 0.15) is 44.6 Å². The highest BCUT2D eigenvalue weighted by Gasteiger charge is 2.17. The van der Waals surface area contributed by atoms with E-state index in [4.69, 9.17) is 0 Å². The fourth-order valence-electron chi connectivity index (χ4n) is 2.79. The number of hydrogen-bond donors (Lipinski definition) is 2. The van der Waals surface area contributed by atoms with Crippen molar-refractivity contribution in [1.82, 2.24) is 19.8 Å². The van der Waals surface area contributed by atoms with Crippen molar-refractivity contribution in [2.75, 3.05) is 25.0 Å². The van der Waals surface area contributed by atoms with Crippen LogP contribution in [0.25, 0.3) is 0 Å². The molecule has 0 saturated heterocycles. The number of nitrogens with one attached hydrogen (secondary N) is 2. The van der Waals surface area contributed by atoms with Gasteiger partial charge in [-0.05, 0) is 34.1 Å². The SMILES string of the molecule is CC(C)N(CCNC(=O)c1cn2c(n1)NCCC2)C(C)C. The Kier molecular flexibility index (Phi) is 5.22. The average Bonchev–Trinajstić information content (AvgIpc) is 2.86. The molecular weight excluding hydrogens is 266 g/mol. The van der Waals surface area contributed by atoms with Crippen molar-refractivity contribution >= 4 is 11.9 Å². The van der Waals surface area contributed by atoms with E-state index in [0.717, 1.165) is 32.0 Å². The second-order valence-electron chi connectivity index (χ2n) is 6.10. The molecule has 0 bridgehead atoms. The van der Waals surface area contributed by atoms with Crippen LogP contribution in [0.2, 0.25) is 0 Å². The summed E-state index contributed by atoms with van der Waals surface area (Å²) in [6, 6.07) is 0.956. The van der Waals surface area contributed by atoms with Crippen molar-refractivity contribution in [3.8, 4) is 0 Å². The second-order valence-corrected chi connectivity index (χ2v) is 6.10. The average molecular weight is 293 g/mol. The Labute approximate surface area is 126 Å². The monoisotopic (exact) mass is 293 g/mol. The quantitative estimate of drug-likeness (QED) is 0.835. The zero-order valence-corrected chi connectivity index (χ0v) is 13.5. The van der Waals surface area contributed by atoms with Crippen molar-refractivity contribution in [3.05, 3.63) is 11.9 Å². The number of rotatable bonds is 6. The van der Waals surface area contributed by atoms with Crippen LogP contribution >= 0.6 is 0 Å². The normalized spacial score (nSPS) is 14.4. The Balaban J connectivity index is 1.86. The molecule has 1 aliphatic heterocycles. The van der Waals surface area contributed by atoms with Crippen LogP contribution in [-0.4, -0.2) is 52.1 Å². The predicted molar refractivity (Wildman–Crippen MR) is 84.6 cm³/mol. The summed E-state index contributed by atoms with van der Waals surface area (Å²) in [6.07, 6.45) is 2.90. The van der Waals surface area contributed by atoms with E-state index in [1.165, 1.54) is 0 Å². The molecule has 0 fully saturated rings. The minimum atomic E-state index is -0.0915. The zero-order valence-electron chi connectivity index (χ0n) is 13.5. The summed E-state index contributed by atoms with van der Waals surface area (Å²) in [4.78, 5) is 18.9. The Bertz CT molecular complexity index is 449. The molecule has 0 atom stereocenters. The van der Waals surface area contributed by atoms with Gasteiger partial charge in [0.1, 0.15) is 5.69 Å². The third-order valence-corrected chi connectivity index (χ3v) is 3.85. The Morgan fingerprint density at radius 1 is 1.43 bits per heavy atom. The van der Waals surface area contributed by atoms with Crippen LogP contribution in [-0.2, 0) is 6.54 Å². The molecule has 0 aliphatic carbocycles. The van der Waals surface area contributed by atoms with Gasteiger partial charge in [-0.2, -0.15) is 0 Å². The highest BCUT2D eigenvalue weighted by molar-refractivity contribution is 5.92. The van der Waals surface area contributed by atoms with Gasteiger partial charge in [-0.1, -0.05) is 0 Å². The molecule has 2 N–H and O–H groups in total. The van der Waals surface area contributed by atoms with Gasteiger partial charge in [-0.3, -0.25) is 9.69 Å². The van der Waals surface area contributed by atoms with Gasteiger partial charge in [0, 0.05) is 44.5 Å². The molecule has 1 aromatic rings. The van der Waals surface area contributed by atoms with Gasteiger partial charge < -0.3 is 15.2 Å². The van der Waals surface area contributed by atoms with E-state index in [0.29, 0.717) is 24.3 Å².